The number of urea groups is 1. The second-order valence-electron chi connectivity index (χ2n) is 7.20. The first-order valence-electron chi connectivity index (χ1n) is 8.59. The second kappa shape index (κ2) is 8.20. The van der Waals surface area contributed by atoms with E-state index in [2.05, 4.69) is 4.74 Å². The molecule has 146 valence electrons. The Kier molecular flexibility index (Phi) is 6.20. The highest BCUT2D eigenvalue weighted by atomic mass is 16.6. The van der Waals surface area contributed by atoms with Gasteiger partial charge in [-0.2, -0.15) is 0 Å². The lowest BCUT2D eigenvalue weighted by Crippen LogP contribution is -2.59. The van der Waals surface area contributed by atoms with Crippen LogP contribution in [0.2, 0.25) is 0 Å². The number of anilines is 1. The molecule has 0 aromatic heterocycles. The summed E-state index contributed by atoms with van der Waals surface area (Å²) in [6.07, 6.45) is -0.286. The number of hydrogen-bond acceptors (Lipinski definition) is 6. The zero-order valence-electron chi connectivity index (χ0n) is 15.9. The van der Waals surface area contributed by atoms with Crippen LogP contribution >= 0.6 is 0 Å². The van der Waals surface area contributed by atoms with Crippen molar-refractivity contribution in [1.82, 2.24) is 4.90 Å². The molecule has 0 N–H and O–H groups in total. The minimum absolute atomic E-state index is 0.100. The van der Waals surface area contributed by atoms with Gasteiger partial charge in [0.2, 0.25) is 5.91 Å². The molecule has 0 radical (unpaired) electrons. The SMILES string of the molecule is COC(=O)CN1C(=O)N(c2ccccc2)C(=O)C[C@H]1CC(=O)OC(C)(C)C. The number of carbonyl (C=O) groups is 4. The maximum Gasteiger partial charge on any atom is 0.332 e. The summed E-state index contributed by atoms with van der Waals surface area (Å²) in [4.78, 5) is 51.7. The van der Waals surface area contributed by atoms with Crippen LogP contribution in [-0.4, -0.2) is 54.1 Å². The number of carbonyl (C=O) groups excluding carboxylic acids is 4. The van der Waals surface area contributed by atoms with Crippen molar-refractivity contribution in [3.63, 3.8) is 0 Å². The molecule has 1 aromatic carbocycles. The van der Waals surface area contributed by atoms with E-state index in [1.165, 1.54) is 12.0 Å². The van der Waals surface area contributed by atoms with Crippen molar-refractivity contribution >= 4 is 29.6 Å². The van der Waals surface area contributed by atoms with Gasteiger partial charge in [-0.1, -0.05) is 18.2 Å². The molecule has 1 heterocycles. The number of imide groups is 1. The van der Waals surface area contributed by atoms with Crippen molar-refractivity contribution < 1.29 is 28.7 Å². The second-order valence-corrected chi connectivity index (χ2v) is 7.20. The molecule has 8 nitrogen and oxygen atoms in total. The predicted octanol–water partition coefficient (Wildman–Crippen LogP) is 2.12. The number of hydrogen-bond donors (Lipinski definition) is 0. The minimum Gasteiger partial charge on any atom is -0.468 e. The first-order valence-corrected chi connectivity index (χ1v) is 8.59. The van der Waals surface area contributed by atoms with Gasteiger partial charge in [0, 0.05) is 6.42 Å². The van der Waals surface area contributed by atoms with Crippen LogP contribution < -0.4 is 4.90 Å². The Morgan fingerprint density at radius 1 is 1.11 bits per heavy atom. The normalized spacial score (nSPS) is 17.7. The third-order valence-corrected chi connectivity index (χ3v) is 3.90. The molecule has 0 saturated carbocycles. The van der Waals surface area contributed by atoms with E-state index in [-0.39, 0.29) is 19.4 Å². The fourth-order valence-corrected chi connectivity index (χ4v) is 2.78. The summed E-state index contributed by atoms with van der Waals surface area (Å²) >= 11 is 0. The van der Waals surface area contributed by atoms with Crippen LogP contribution in [0.4, 0.5) is 10.5 Å². The van der Waals surface area contributed by atoms with E-state index >= 15 is 0 Å². The van der Waals surface area contributed by atoms with Gasteiger partial charge in [0.05, 0.1) is 25.3 Å². The molecule has 0 spiro atoms. The van der Waals surface area contributed by atoms with Crippen molar-refractivity contribution in [2.24, 2.45) is 0 Å². The van der Waals surface area contributed by atoms with E-state index < -0.39 is 35.5 Å². The number of rotatable bonds is 5. The Hall–Kier alpha value is -2.90. The van der Waals surface area contributed by atoms with E-state index in [0.29, 0.717) is 5.69 Å². The molecule has 1 aromatic rings. The van der Waals surface area contributed by atoms with Gasteiger partial charge in [-0.25, -0.2) is 9.69 Å². The Morgan fingerprint density at radius 3 is 2.30 bits per heavy atom. The highest BCUT2D eigenvalue weighted by Gasteiger charge is 2.41. The van der Waals surface area contributed by atoms with E-state index in [4.69, 9.17) is 4.74 Å². The number of ether oxygens (including phenoxy) is 2. The number of esters is 2. The average Bonchev–Trinajstić information content (AvgIpc) is 2.57. The number of methoxy groups -OCH3 is 1. The largest absolute Gasteiger partial charge is 0.468 e. The molecule has 0 bridgehead atoms. The molecule has 1 saturated heterocycles. The summed E-state index contributed by atoms with van der Waals surface area (Å²) in [5, 5.41) is 0. The highest BCUT2D eigenvalue weighted by Crippen LogP contribution is 2.26. The predicted molar refractivity (Wildman–Crippen MR) is 96.9 cm³/mol. The average molecular weight is 376 g/mol. The number of amides is 3. The van der Waals surface area contributed by atoms with E-state index in [9.17, 15) is 19.2 Å². The van der Waals surface area contributed by atoms with Gasteiger partial charge in [-0.15, -0.1) is 0 Å². The lowest BCUT2D eigenvalue weighted by atomic mass is 10.0. The van der Waals surface area contributed by atoms with Crippen LogP contribution in [0.3, 0.4) is 0 Å². The first kappa shape index (κ1) is 20.4. The molecule has 0 unspecified atom stereocenters. The molecule has 2 rings (SSSR count). The van der Waals surface area contributed by atoms with Crippen LogP contribution in [0.1, 0.15) is 33.6 Å². The Balaban J connectivity index is 2.26. The fourth-order valence-electron chi connectivity index (χ4n) is 2.78. The summed E-state index contributed by atoms with van der Waals surface area (Å²) in [5.41, 5.74) is -0.290. The van der Waals surface area contributed by atoms with Gasteiger partial charge in [-0.3, -0.25) is 14.4 Å². The Morgan fingerprint density at radius 2 is 1.74 bits per heavy atom. The Bertz CT molecular complexity index is 725. The summed E-state index contributed by atoms with van der Waals surface area (Å²) in [6, 6.07) is 6.97. The smallest absolute Gasteiger partial charge is 0.332 e. The molecule has 3 amide bonds. The van der Waals surface area contributed by atoms with Gasteiger partial charge in [0.1, 0.15) is 12.1 Å². The van der Waals surface area contributed by atoms with E-state index in [1.807, 2.05) is 0 Å². The fraction of sp³-hybridized carbons (Fsp3) is 0.474. The van der Waals surface area contributed by atoms with Gasteiger partial charge in [-0.05, 0) is 32.9 Å². The van der Waals surface area contributed by atoms with Crippen LogP contribution in [0.15, 0.2) is 30.3 Å². The van der Waals surface area contributed by atoms with Gasteiger partial charge in [0.25, 0.3) is 0 Å². The summed E-state index contributed by atoms with van der Waals surface area (Å²) in [6.45, 7) is 4.82. The summed E-state index contributed by atoms with van der Waals surface area (Å²) < 4.78 is 9.93. The van der Waals surface area contributed by atoms with Gasteiger partial charge in [0.15, 0.2) is 0 Å². The molecule has 1 aliphatic rings. The molecule has 0 aliphatic carbocycles. The molecule has 1 aliphatic heterocycles. The topological polar surface area (TPSA) is 93.2 Å². The molecule has 27 heavy (non-hydrogen) atoms. The van der Waals surface area contributed by atoms with E-state index in [1.54, 1.807) is 51.1 Å². The molecular formula is C19H24N2O6. The van der Waals surface area contributed by atoms with Crippen molar-refractivity contribution in [3.8, 4) is 0 Å². The van der Waals surface area contributed by atoms with E-state index in [0.717, 1.165) is 4.90 Å². The molecule has 8 heteroatoms. The maximum absolute atomic E-state index is 12.9. The molecular weight excluding hydrogens is 352 g/mol. The molecule has 1 fully saturated rings. The molecule has 1 atom stereocenters. The van der Waals surface area contributed by atoms with Gasteiger partial charge < -0.3 is 14.4 Å². The van der Waals surface area contributed by atoms with Crippen molar-refractivity contribution in [2.45, 2.75) is 45.3 Å². The number of benzene rings is 1. The van der Waals surface area contributed by atoms with Crippen LogP contribution in [-0.2, 0) is 23.9 Å². The van der Waals surface area contributed by atoms with Crippen molar-refractivity contribution in [1.29, 1.82) is 0 Å². The number of nitrogens with zero attached hydrogens (tertiary/aromatic N) is 2. The van der Waals surface area contributed by atoms with Crippen LogP contribution in [0.25, 0.3) is 0 Å². The standard InChI is InChI=1S/C19H24N2O6/c1-19(2,3)27-16(23)11-14-10-15(22)21(13-8-6-5-7-9-13)18(25)20(14)12-17(24)26-4/h5-9,14H,10-12H2,1-4H3/t14-/m0/s1. The summed E-state index contributed by atoms with van der Waals surface area (Å²) in [5.74, 6) is -1.63. The zero-order chi connectivity index (χ0) is 20.2. The zero-order valence-corrected chi connectivity index (χ0v) is 15.9. The first-order chi connectivity index (χ1) is 12.6. The van der Waals surface area contributed by atoms with Gasteiger partial charge >= 0.3 is 18.0 Å². The van der Waals surface area contributed by atoms with Crippen LogP contribution in [0.5, 0.6) is 0 Å². The minimum atomic E-state index is -0.779. The third kappa shape index (κ3) is 5.29. The quantitative estimate of drug-likeness (QED) is 0.731. The lowest BCUT2D eigenvalue weighted by molar-refractivity contribution is -0.157. The third-order valence-electron chi connectivity index (χ3n) is 3.90. The Labute approximate surface area is 158 Å². The highest BCUT2D eigenvalue weighted by molar-refractivity contribution is 6.16. The summed E-state index contributed by atoms with van der Waals surface area (Å²) in [7, 11) is 1.21. The monoisotopic (exact) mass is 376 g/mol. The van der Waals surface area contributed by atoms with Crippen molar-refractivity contribution in [2.75, 3.05) is 18.6 Å². The lowest BCUT2D eigenvalue weighted by Gasteiger charge is -2.39. The number of para-hydroxylation sites is 1. The van der Waals surface area contributed by atoms with Crippen molar-refractivity contribution in [3.05, 3.63) is 30.3 Å². The maximum atomic E-state index is 12.9. The van der Waals surface area contributed by atoms with Crippen LogP contribution in [0, 0.1) is 0 Å².